The van der Waals surface area contributed by atoms with Gasteiger partial charge in [-0.05, 0) is 31.9 Å². The van der Waals surface area contributed by atoms with Crippen molar-refractivity contribution in [1.29, 1.82) is 0 Å². The molecule has 0 radical (unpaired) electrons. The molecular formula is C16H22N2O4. The zero-order valence-corrected chi connectivity index (χ0v) is 13.0. The van der Waals surface area contributed by atoms with Crippen molar-refractivity contribution in [1.82, 2.24) is 4.90 Å². The fourth-order valence-corrected chi connectivity index (χ4v) is 2.41. The number of rotatable bonds is 5. The molecule has 1 saturated heterocycles. The molecule has 2 rings (SSSR count). The van der Waals surface area contributed by atoms with Gasteiger partial charge in [0.2, 0.25) is 0 Å². The van der Waals surface area contributed by atoms with Gasteiger partial charge in [0.25, 0.3) is 0 Å². The number of carbonyl (C=O) groups excluding carboxylic acids is 1. The molecule has 1 aliphatic heterocycles. The van der Waals surface area contributed by atoms with E-state index >= 15 is 0 Å². The van der Waals surface area contributed by atoms with Gasteiger partial charge in [-0.1, -0.05) is 19.1 Å². The van der Waals surface area contributed by atoms with Crippen molar-refractivity contribution in [3.8, 4) is 5.75 Å². The van der Waals surface area contributed by atoms with Crippen LogP contribution in [0.3, 0.4) is 0 Å². The highest BCUT2D eigenvalue weighted by molar-refractivity contribution is 5.91. The van der Waals surface area contributed by atoms with Crippen LogP contribution in [0.2, 0.25) is 0 Å². The second-order valence-corrected chi connectivity index (χ2v) is 5.81. The van der Waals surface area contributed by atoms with E-state index in [9.17, 15) is 14.7 Å². The average molecular weight is 306 g/mol. The Morgan fingerprint density at radius 1 is 1.41 bits per heavy atom. The molecule has 1 atom stereocenters. The van der Waals surface area contributed by atoms with Gasteiger partial charge in [-0.3, -0.25) is 4.79 Å². The second kappa shape index (κ2) is 6.68. The fraction of sp³-hybridized carbons (Fsp3) is 0.500. The van der Waals surface area contributed by atoms with Gasteiger partial charge in [0.15, 0.2) is 0 Å². The van der Waals surface area contributed by atoms with Crippen LogP contribution in [0.4, 0.5) is 10.5 Å². The van der Waals surface area contributed by atoms with Crippen LogP contribution in [0.5, 0.6) is 5.75 Å². The maximum atomic E-state index is 12.3. The van der Waals surface area contributed by atoms with Gasteiger partial charge in [0.1, 0.15) is 5.75 Å². The van der Waals surface area contributed by atoms with Crippen molar-refractivity contribution >= 4 is 17.7 Å². The largest absolute Gasteiger partial charge is 0.491 e. The third-order valence-corrected chi connectivity index (χ3v) is 3.87. The average Bonchev–Trinajstić information content (AvgIpc) is 2.90. The standard InChI is InChI=1S/C16H22N2O4/c1-3-10-22-13-7-5-4-6-12(13)17-15(21)18-9-8-16(2,11-18)14(19)20/h4-7H,3,8-11H2,1-2H3,(H,17,21)(H,19,20). The molecule has 2 amide bonds. The smallest absolute Gasteiger partial charge is 0.321 e. The molecule has 0 saturated carbocycles. The lowest BCUT2D eigenvalue weighted by Crippen LogP contribution is -2.37. The number of nitrogens with one attached hydrogen (secondary N) is 1. The van der Waals surface area contributed by atoms with Crippen LogP contribution in [0.1, 0.15) is 26.7 Å². The third kappa shape index (κ3) is 3.50. The summed E-state index contributed by atoms with van der Waals surface area (Å²) in [5.41, 5.74) is -0.264. The summed E-state index contributed by atoms with van der Waals surface area (Å²) < 4.78 is 5.60. The lowest BCUT2D eigenvalue weighted by atomic mass is 9.90. The number of hydrogen-bond acceptors (Lipinski definition) is 3. The van der Waals surface area contributed by atoms with Crippen molar-refractivity contribution in [3.63, 3.8) is 0 Å². The zero-order chi connectivity index (χ0) is 16.2. The molecule has 120 valence electrons. The Balaban J connectivity index is 2.03. The number of aliphatic carboxylic acids is 1. The van der Waals surface area contributed by atoms with E-state index in [1.54, 1.807) is 19.1 Å². The Morgan fingerprint density at radius 3 is 2.77 bits per heavy atom. The van der Waals surface area contributed by atoms with E-state index in [1.807, 2.05) is 19.1 Å². The van der Waals surface area contributed by atoms with Gasteiger partial charge in [-0.25, -0.2) is 4.79 Å². The predicted molar refractivity (Wildman–Crippen MR) is 83.2 cm³/mol. The van der Waals surface area contributed by atoms with Gasteiger partial charge >= 0.3 is 12.0 Å². The lowest BCUT2D eigenvalue weighted by Gasteiger charge is -2.21. The molecule has 2 N–H and O–H groups in total. The quantitative estimate of drug-likeness (QED) is 0.876. The summed E-state index contributed by atoms with van der Waals surface area (Å²) in [6.45, 7) is 4.91. The third-order valence-electron chi connectivity index (χ3n) is 3.87. The van der Waals surface area contributed by atoms with E-state index in [2.05, 4.69) is 5.32 Å². The molecule has 0 spiro atoms. The van der Waals surface area contributed by atoms with Gasteiger partial charge in [-0.15, -0.1) is 0 Å². The molecule has 0 bridgehead atoms. The van der Waals surface area contributed by atoms with Crippen LogP contribution in [-0.2, 0) is 4.79 Å². The number of carboxylic acids is 1. The van der Waals surface area contributed by atoms with Crippen LogP contribution in [-0.4, -0.2) is 41.7 Å². The summed E-state index contributed by atoms with van der Waals surface area (Å²) >= 11 is 0. The Labute approximate surface area is 130 Å². The number of amides is 2. The van der Waals surface area contributed by atoms with Gasteiger partial charge in [0, 0.05) is 13.1 Å². The lowest BCUT2D eigenvalue weighted by molar-refractivity contribution is -0.146. The second-order valence-electron chi connectivity index (χ2n) is 5.81. The molecule has 22 heavy (non-hydrogen) atoms. The molecule has 6 heteroatoms. The molecule has 0 aliphatic carbocycles. The summed E-state index contributed by atoms with van der Waals surface area (Å²) in [6.07, 6.45) is 1.34. The topological polar surface area (TPSA) is 78.9 Å². The predicted octanol–water partition coefficient (Wildman–Crippen LogP) is 2.80. The fourth-order valence-electron chi connectivity index (χ4n) is 2.41. The molecule has 0 aromatic heterocycles. The first-order chi connectivity index (χ1) is 10.5. The van der Waals surface area contributed by atoms with E-state index < -0.39 is 11.4 Å². The highest BCUT2D eigenvalue weighted by Crippen LogP contribution is 2.31. The number of carboxylic acid groups (broad SMARTS) is 1. The number of carbonyl (C=O) groups is 2. The maximum Gasteiger partial charge on any atom is 0.321 e. The number of hydrogen-bond donors (Lipinski definition) is 2. The first kappa shape index (κ1) is 16.1. The van der Waals surface area contributed by atoms with E-state index in [-0.39, 0.29) is 12.6 Å². The summed E-state index contributed by atoms with van der Waals surface area (Å²) in [6, 6.07) is 6.95. The molecule has 1 aromatic rings. The zero-order valence-electron chi connectivity index (χ0n) is 13.0. The number of para-hydroxylation sites is 2. The highest BCUT2D eigenvalue weighted by Gasteiger charge is 2.42. The number of anilines is 1. The Morgan fingerprint density at radius 2 is 2.14 bits per heavy atom. The molecule has 1 unspecified atom stereocenters. The maximum absolute atomic E-state index is 12.3. The first-order valence-corrected chi connectivity index (χ1v) is 7.47. The number of ether oxygens (including phenoxy) is 1. The van der Waals surface area contributed by atoms with Crippen molar-refractivity contribution in [2.24, 2.45) is 5.41 Å². The van der Waals surface area contributed by atoms with Crippen molar-refractivity contribution in [3.05, 3.63) is 24.3 Å². The number of nitrogens with zero attached hydrogens (tertiary/aromatic N) is 1. The van der Waals surface area contributed by atoms with Crippen molar-refractivity contribution in [2.45, 2.75) is 26.7 Å². The molecule has 1 heterocycles. The molecule has 1 fully saturated rings. The van der Waals surface area contributed by atoms with E-state index in [0.717, 1.165) is 6.42 Å². The number of likely N-dealkylation sites (tertiary alicyclic amines) is 1. The number of benzene rings is 1. The summed E-state index contributed by atoms with van der Waals surface area (Å²) in [5, 5.41) is 12.0. The van der Waals surface area contributed by atoms with Crippen LogP contribution in [0, 0.1) is 5.41 Å². The minimum absolute atomic E-state index is 0.214. The normalized spacial score (nSPS) is 20.7. The summed E-state index contributed by atoms with van der Waals surface area (Å²) in [4.78, 5) is 25.1. The van der Waals surface area contributed by atoms with Crippen LogP contribution in [0.25, 0.3) is 0 Å². The minimum Gasteiger partial charge on any atom is -0.491 e. The Kier molecular flexibility index (Phi) is 4.90. The van der Waals surface area contributed by atoms with Crippen molar-refractivity contribution < 1.29 is 19.4 Å². The molecule has 6 nitrogen and oxygen atoms in total. The molecule has 1 aromatic carbocycles. The van der Waals surface area contributed by atoms with Crippen LogP contribution in [0.15, 0.2) is 24.3 Å². The molecule has 1 aliphatic rings. The van der Waals surface area contributed by atoms with E-state index in [1.165, 1.54) is 4.90 Å². The van der Waals surface area contributed by atoms with Crippen LogP contribution >= 0.6 is 0 Å². The summed E-state index contributed by atoms with van der Waals surface area (Å²) in [5.74, 6) is -0.243. The summed E-state index contributed by atoms with van der Waals surface area (Å²) in [7, 11) is 0. The Hall–Kier alpha value is -2.24. The first-order valence-electron chi connectivity index (χ1n) is 7.47. The number of urea groups is 1. The van der Waals surface area contributed by atoms with E-state index in [4.69, 9.17) is 4.74 Å². The Bertz CT molecular complexity index is 561. The van der Waals surface area contributed by atoms with Crippen LogP contribution < -0.4 is 10.1 Å². The van der Waals surface area contributed by atoms with Gasteiger partial charge in [0.05, 0.1) is 17.7 Å². The molecular weight excluding hydrogens is 284 g/mol. The SMILES string of the molecule is CCCOc1ccccc1NC(=O)N1CCC(C)(C(=O)O)C1. The highest BCUT2D eigenvalue weighted by atomic mass is 16.5. The minimum atomic E-state index is -0.866. The van der Waals surface area contributed by atoms with Crippen molar-refractivity contribution in [2.75, 3.05) is 25.0 Å². The van der Waals surface area contributed by atoms with Gasteiger partial charge < -0.3 is 20.1 Å². The van der Waals surface area contributed by atoms with Gasteiger partial charge in [-0.2, -0.15) is 0 Å². The van der Waals surface area contributed by atoms with E-state index in [0.29, 0.717) is 31.0 Å². The monoisotopic (exact) mass is 306 g/mol.